The van der Waals surface area contributed by atoms with E-state index >= 15 is 0 Å². The Morgan fingerprint density at radius 2 is 2.21 bits per heavy atom. The van der Waals surface area contributed by atoms with Crippen molar-refractivity contribution in [3.05, 3.63) is 51.2 Å². The molecule has 0 aliphatic heterocycles. The van der Waals surface area contributed by atoms with E-state index in [2.05, 4.69) is 39.3 Å². The second-order valence-electron chi connectivity index (χ2n) is 4.40. The van der Waals surface area contributed by atoms with Gasteiger partial charge in [-0.3, -0.25) is 4.68 Å². The van der Waals surface area contributed by atoms with E-state index in [0.717, 1.165) is 33.7 Å². The van der Waals surface area contributed by atoms with Crippen LogP contribution in [0.25, 0.3) is 0 Å². The average Bonchev–Trinajstić information content (AvgIpc) is 2.78. The number of hydrogen-bond acceptors (Lipinski definition) is 2. The molecule has 0 aliphatic carbocycles. The lowest BCUT2D eigenvalue weighted by atomic mass is 10.0. The number of nitrogens with one attached hydrogen (secondary N) is 1. The minimum Gasteiger partial charge on any atom is -0.308 e. The third-order valence-corrected chi connectivity index (χ3v) is 3.66. The molecule has 102 valence electrons. The van der Waals surface area contributed by atoms with Crippen LogP contribution in [-0.2, 0) is 6.54 Å². The molecule has 1 unspecified atom stereocenters. The van der Waals surface area contributed by atoms with Crippen LogP contribution < -0.4 is 5.32 Å². The van der Waals surface area contributed by atoms with Gasteiger partial charge in [0.1, 0.15) is 0 Å². The number of aryl methyl sites for hydroxylation is 1. The van der Waals surface area contributed by atoms with Gasteiger partial charge in [-0.2, -0.15) is 5.10 Å². The molecule has 3 nitrogen and oxygen atoms in total. The van der Waals surface area contributed by atoms with Gasteiger partial charge in [-0.1, -0.05) is 34.5 Å². The highest BCUT2D eigenvalue weighted by atomic mass is 79.9. The lowest BCUT2D eigenvalue weighted by Crippen LogP contribution is -2.21. The summed E-state index contributed by atoms with van der Waals surface area (Å²) < 4.78 is 3.02. The van der Waals surface area contributed by atoms with Gasteiger partial charge in [-0.05, 0) is 43.3 Å². The highest BCUT2D eigenvalue weighted by Gasteiger charge is 2.17. The minimum atomic E-state index is 0.0871. The van der Waals surface area contributed by atoms with Gasteiger partial charge in [0.2, 0.25) is 0 Å². The highest BCUT2D eigenvalue weighted by molar-refractivity contribution is 9.10. The fourth-order valence-corrected chi connectivity index (χ4v) is 3.10. The van der Waals surface area contributed by atoms with Gasteiger partial charge in [0.15, 0.2) is 0 Å². The smallest absolute Gasteiger partial charge is 0.0746 e. The summed E-state index contributed by atoms with van der Waals surface area (Å²) in [5.74, 6) is 0. The fourth-order valence-electron chi connectivity index (χ4n) is 2.21. The van der Waals surface area contributed by atoms with Gasteiger partial charge >= 0.3 is 0 Å². The van der Waals surface area contributed by atoms with Crippen LogP contribution in [0.1, 0.15) is 30.6 Å². The van der Waals surface area contributed by atoms with Crippen molar-refractivity contribution in [3.63, 3.8) is 0 Å². The van der Waals surface area contributed by atoms with Crippen LogP contribution in [0.5, 0.6) is 0 Å². The molecule has 2 rings (SSSR count). The van der Waals surface area contributed by atoms with Crippen molar-refractivity contribution >= 4 is 27.5 Å². The molecule has 0 spiro atoms. The van der Waals surface area contributed by atoms with Crippen LogP contribution in [0.15, 0.2) is 34.9 Å². The lowest BCUT2D eigenvalue weighted by Gasteiger charge is -2.19. The van der Waals surface area contributed by atoms with Crippen molar-refractivity contribution in [2.45, 2.75) is 25.9 Å². The molecule has 0 fully saturated rings. The molecule has 1 N–H and O–H groups in total. The maximum absolute atomic E-state index is 6.13. The van der Waals surface area contributed by atoms with Crippen LogP contribution >= 0.6 is 27.5 Å². The first kappa shape index (κ1) is 14.6. The van der Waals surface area contributed by atoms with Crippen LogP contribution in [0.3, 0.4) is 0 Å². The maximum atomic E-state index is 6.13. The zero-order valence-corrected chi connectivity index (χ0v) is 13.4. The monoisotopic (exact) mass is 341 g/mol. The summed E-state index contributed by atoms with van der Waals surface area (Å²) in [5, 5.41) is 8.44. The van der Waals surface area contributed by atoms with Crippen molar-refractivity contribution in [2.24, 2.45) is 0 Å². The topological polar surface area (TPSA) is 29.9 Å². The molecular weight excluding hydrogens is 326 g/mol. The predicted molar refractivity (Wildman–Crippen MR) is 82.6 cm³/mol. The minimum absolute atomic E-state index is 0.0871. The molecule has 1 aromatic carbocycles. The van der Waals surface area contributed by atoms with E-state index in [1.807, 2.05) is 36.1 Å². The fraction of sp³-hybridized carbons (Fsp3) is 0.357. The summed E-state index contributed by atoms with van der Waals surface area (Å²) in [6, 6.07) is 8.09. The van der Waals surface area contributed by atoms with Crippen molar-refractivity contribution in [2.75, 3.05) is 7.05 Å². The highest BCUT2D eigenvalue weighted by Crippen LogP contribution is 2.27. The predicted octanol–water partition coefficient (Wildman–Crippen LogP) is 4.02. The second kappa shape index (κ2) is 6.55. The first-order valence-electron chi connectivity index (χ1n) is 6.30. The van der Waals surface area contributed by atoms with Crippen molar-refractivity contribution < 1.29 is 0 Å². The molecule has 0 amide bonds. The molecule has 1 aromatic heterocycles. The van der Waals surface area contributed by atoms with Crippen LogP contribution in [0.2, 0.25) is 5.02 Å². The van der Waals surface area contributed by atoms with E-state index in [1.54, 1.807) is 0 Å². The zero-order chi connectivity index (χ0) is 13.8. The van der Waals surface area contributed by atoms with E-state index in [4.69, 9.17) is 11.6 Å². The number of aromatic nitrogens is 2. The Labute approximate surface area is 127 Å². The average molecular weight is 343 g/mol. The van der Waals surface area contributed by atoms with Crippen molar-refractivity contribution in [1.82, 2.24) is 15.1 Å². The number of halogens is 2. The Kier molecular flexibility index (Phi) is 5.02. The lowest BCUT2D eigenvalue weighted by molar-refractivity contribution is 0.534. The zero-order valence-electron chi connectivity index (χ0n) is 11.0. The normalized spacial score (nSPS) is 12.6. The maximum Gasteiger partial charge on any atom is 0.0746 e. The van der Waals surface area contributed by atoms with Gasteiger partial charge in [0.05, 0.1) is 11.7 Å². The van der Waals surface area contributed by atoms with Gasteiger partial charge < -0.3 is 5.32 Å². The van der Waals surface area contributed by atoms with Gasteiger partial charge in [-0.25, -0.2) is 0 Å². The third kappa shape index (κ3) is 3.38. The third-order valence-electron chi connectivity index (χ3n) is 2.99. The van der Waals surface area contributed by atoms with Crippen LogP contribution in [-0.4, -0.2) is 16.8 Å². The van der Waals surface area contributed by atoms with Gasteiger partial charge in [0, 0.05) is 22.2 Å². The molecule has 0 saturated carbocycles. The molecule has 0 radical (unpaired) electrons. The van der Waals surface area contributed by atoms with E-state index in [-0.39, 0.29) is 6.04 Å². The summed E-state index contributed by atoms with van der Waals surface area (Å²) in [5.41, 5.74) is 2.28. The quantitative estimate of drug-likeness (QED) is 0.889. The van der Waals surface area contributed by atoms with E-state index in [9.17, 15) is 0 Å². The summed E-state index contributed by atoms with van der Waals surface area (Å²) in [4.78, 5) is 0. The van der Waals surface area contributed by atoms with Crippen LogP contribution in [0, 0.1) is 0 Å². The molecular formula is C14H17BrClN3. The Balaban J connectivity index is 2.40. The Bertz CT molecular complexity index is 533. The molecule has 2 aromatic rings. The summed E-state index contributed by atoms with van der Waals surface area (Å²) >= 11 is 9.62. The SMILES string of the molecule is CCCn1nccc1C(NC)c1cc(Cl)cc(Br)c1. The molecule has 1 atom stereocenters. The van der Waals surface area contributed by atoms with E-state index in [0.29, 0.717) is 0 Å². The van der Waals surface area contributed by atoms with Gasteiger partial charge in [0.25, 0.3) is 0 Å². The van der Waals surface area contributed by atoms with Crippen LogP contribution in [0.4, 0.5) is 0 Å². The second-order valence-corrected chi connectivity index (χ2v) is 5.76. The Morgan fingerprint density at radius 1 is 1.42 bits per heavy atom. The van der Waals surface area contributed by atoms with Gasteiger partial charge in [-0.15, -0.1) is 0 Å². The van der Waals surface area contributed by atoms with E-state index in [1.165, 1.54) is 0 Å². The molecule has 19 heavy (non-hydrogen) atoms. The Hall–Kier alpha value is -0.840. The summed E-state index contributed by atoms with van der Waals surface area (Å²) in [6.07, 6.45) is 2.90. The number of nitrogens with zero attached hydrogens (tertiary/aromatic N) is 2. The summed E-state index contributed by atoms with van der Waals surface area (Å²) in [6.45, 7) is 3.07. The summed E-state index contributed by atoms with van der Waals surface area (Å²) in [7, 11) is 1.95. The number of benzene rings is 1. The molecule has 0 bridgehead atoms. The first-order chi connectivity index (χ1) is 9.15. The first-order valence-corrected chi connectivity index (χ1v) is 7.47. The molecule has 5 heteroatoms. The largest absolute Gasteiger partial charge is 0.308 e. The molecule has 0 saturated heterocycles. The van der Waals surface area contributed by atoms with E-state index < -0.39 is 0 Å². The Morgan fingerprint density at radius 3 is 2.84 bits per heavy atom. The number of rotatable bonds is 5. The number of hydrogen-bond donors (Lipinski definition) is 1. The molecule has 0 aliphatic rings. The molecule has 1 heterocycles. The van der Waals surface area contributed by atoms with Crippen molar-refractivity contribution in [3.8, 4) is 0 Å². The standard InChI is InChI=1S/C14H17BrClN3/c1-3-6-19-13(4-5-18-19)14(17-2)10-7-11(15)9-12(16)8-10/h4-5,7-9,14,17H,3,6H2,1-2H3. The van der Waals surface area contributed by atoms with Crippen molar-refractivity contribution in [1.29, 1.82) is 0 Å².